The van der Waals surface area contributed by atoms with Crippen LogP contribution in [0.3, 0.4) is 0 Å². The fourth-order valence-electron chi connectivity index (χ4n) is 4.21. The number of hydrogen-bond donors (Lipinski definition) is 1. The van der Waals surface area contributed by atoms with E-state index in [1.165, 1.54) is 22.3 Å². The highest BCUT2D eigenvalue weighted by molar-refractivity contribution is 7.22. The lowest BCUT2D eigenvalue weighted by molar-refractivity contribution is -0.142. The molecule has 10 heteroatoms. The molecule has 1 aliphatic carbocycles. The standard InChI is InChI=1S/C24H15F3N4O2S/c25-24(26,27)21-16-9-10-18-15(11-12-33-18)20(16)31(30-21)14-7-5-13(6-8-14)22(32)29-23-28-17-3-1-2-4-19(17)34-23/h1-8,11-12H,9-10H2,(H,28,29,32). The fraction of sp³-hybridized carbons (Fsp3) is 0.125. The number of alkyl halides is 3. The smallest absolute Gasteiger partial charge is 0.435 e. The Kier molecular flexibility index (Phi) is 4.59. The number of anilines is 1. The first kappa shape index (κ1) is 20.7. The number of aryl methyl sites for hydroxylation is 1. The molecule has 1 N–H and O–H groups in total. The van der Waals surface area contributed by atoms with Gasteiger partial charge in [-0.2, -0.15) is 18.3 Å². The molecule has 5 aromatic rings. The number of amides is 1. The van der Waals surface area contributed by atoms with Gasteiger partial charge in [0.25, 0.3) is 5.91 Å². The van der Waals surface area contributed by atoms with Gasteiger partial charge in [-0.25, -0.2) is 9.67 Å². The number of hydrogen-bond acceptors (Lipinski definition) is 5. The summed E-state index contributed by atoms with van der Waals surface area (Å²) in [4.78, 5) is 17.1. The second-order valence-corrected chi connectivity index (χ2v) is 8.86. The first-order valence-electron chi connectivity index (χ1n) is 10.4. The van der Waals surface area contributed by atoms with E-state index in [2.05, 4.69) is 15.4 Å². The topological polar surface area (TPSA) is 73.0 Å². The summed E-state index contributed by atoms with van der Waals surface area (Å²) in [5, 5.41) is 7.17. The SMILES string of the molecule is O=C(Nc1nc2ccccc2s1)c1ccc(-n2nc(C(F)(F)F)c3c2-c2ccoc2CC3)cc1. The van der Waals surface area contributed by atoms with Crippen molar-refractivity contribution in [3.63, 3.8) is 0 Å². The molecule has 0 saturated heterocycles. The van der Waals surface area contributed by atoms with E-state index in [0.717, 1.165) is 10.2 Å². The fourth-order valence-corrected chi connectivity index (χ4v) is 5.07. The van der Waals surface area contributed by atoms with Crippen molar-refractivity contribution in [1.82, 2.24) is 14.8 Å². The molecule has 1 amide bonds. The Morgan fingerprint density at radius 1 is 1.06 bits per heavy atom. The van der Waals surface area contributed by atoms with Crippen LogP contribution in [0, 0.1) is 0 Å². The second kappa shape index (κ2) is 7.56. The number of furan rings is 1. The molecule has 3 aromatic heterocycles. The molecule has 1 aliphatic rings. The summed E-state index contributed by atoms with van der Waals surface area (Å²) in [6.45, 7) is 0. The summed E-state index contributed by atoms with van der Waals surface area (Å²) in [6.07, 6.45) is -2.53. The molecule has 0 aliphatic heterocycles. The maximum atomic E-state index is 13.7. The number of rotatable bonds is 3. The third-order valence-electron chi connectivity index (χ3n) is 5.74. The third kappa shape index (κ3) is 3.38. The Morgan fingerprint density at radius 3 is 2.62 bits per heavy atom. The van der Waals surface area contributed by atoms with Crippen LogP contribution in [-0.4, -0.2) is 20.7 Å². The summed E-state index contributed by atoms with van der Waals surface area (Å²) >= 11 is 1.36. The van der Waals surface area contributed by atoms with Gasteiger partial charge >= 0.3 is 6.18 Å². The number of nitrogens with zero attached hydrogens (tertiary/aromatic N) is 3. The van der Waals surface area contributed by atoms with E-state index in [4.69, 9.17) is 4.42 Å². The average molecular weight is 480 g/mol. The van der Waals surface area contributed by atoms with Crippen molar-refractivity contribution in [3.8, 4) is 16.9 Å². The lowest BCUT2D eigenvalue weighted by Crippen LogP contribution is -2.12. The molecule has 34 heavy (non-hydrogen) atoms. The van der Waals surface area contributed by atoms with Crippen LogP contribution in [0.15, 0.2) is 65.3 Å². The summed E-state index contributed by atoms with van der Waals surface area (Å²) in [6, 6.07) is 15.5. The lowest BCUT2D eigenvalue weighted by Gasteiger charge is -2.15. The van der Waals surface area contributed by atoms with Crippen LogP contribution in [0.5, 0.6) is 0 Å². The van der Waals surface area contributed by atoms with Gasteiger partial charge in [0.1, 0.15) is 5.76 Å². The van der Waals surface area contributed by atoms with E-state index < -0.39 is 11.9 Å². The molecule has 0 saturated carbocycles. The molecule has 2 aromatic carbocycles. The number of fused-ring (bicyclic) bond motifs is 4. The van der Waals surface area contributed by atoms with Gasteiger partial charge in [0, 0.05) is 23.1 Å². The molecular formula is C24H15F3N4O2S. The van der Waals surface area contributed by atoms with Crippen molar-refractivity contribution in [2.75, 3.05) is 5.32 Å². The number of nitrogens with one attached hydrogen (secondary N) is 1. The molecule has 3 heterocycles. The van der Waals surface area contributed by atoms with Gasteiger partial charge in [0.15, 0.2) is 10.8 Å². The van der Waals surface area contributed by atoms with E-state index in [0.29, 0.717) is 39.8 Å². The van der Waals surface area contributed by atoms with Gasteiger partial charge < -0.3 is 4.42 Å². The number of aromatic nitrogens is 3. The Morgan fingerprint density at radius 2 is 1.85 bits per heavy atom. The highest BCUT2D eigenvalue weighted by Gasteiger charge is 2.41. The highest BCUT2D eigenvalue weighted by atomic mass is 32.1. The zero-order valence-corrected chi connectivity index (χ0v) is 18.2. The second-order valence-electron chi connectivity index (χ2n) is 7.83. The zero-order valence-electron chi connectivity index (χ0n) is 17.4. The zero-order chi connectivity index (χ0) is 23.4. The quantitative estimate of drug-likeness (QED) is 0.338. The van der Waals surface area contributed by atoms with Crippen molar-refractivity contribution < 1.29 is 22.4 Å². The van der Waals surface area contributed by atoms with Gasteiger partial charge in [-0.3, -0.25) is 10.1 Å². The van der Waals surface area contributed by atoms with E-state index in [1.54, 1.807) is 30.3 Å². The predicted octanol–water partition coefficient (Wildman–Crippen LogP) is 6.11. The molecule has 6 nitrogen and oxygen atoms in total. The minimum atomic E-state index is -4.58. The summed E-state index contributed by atoms with van der Waals surface area (Å²) in [5.41, 5.74) is 1.78. The first-order valence-corrected chi connectivity index (χ1v) is 11.2. The Hall–Kier alpha value is -3.92. The average Bonchev–Trinajstić information content (AvgIpc) is 3.54. The van der Waals surface area contributed by atoms with E-state index >= 15 is 0 Å². The van der Waals surface area contributed by atoms with Crippen molar-refractivity contribution in [1.29, 1.82) is 0 Å². The maximum Gasteiger partial charge on any atom is 0.435 e. The molecule has 0 fully saturated rings. The largest absolute Gasteiger partial charge is 0.469 e. The molecule has 0 bridgehead atoms. The Balaban J connectivity index is 1.34. The lowest BCUT2D eigenvalue weighted by atomic mass is 9.94. The van der Waals surface area contributed by atoms with E-state index in [-0.39, 0.29) is 17.9 Å². The van der Waals surface area contributed by atoms with E-state index in [1.807, 2.05) is 24.3 Å². The van der Waals surface area contributed by atoms with Gasteiger partial charge in [-0.05, 0) is 48.9 Å². The number of carbonyl (C=O) groups excluding carboxylic acids is 1. The summed E-state index contributed by atoms with van der Waals surface area (Å²) in [5.74, 6) is 0.274. The minimum absolute atomic E-state index is 0.152. The molecular weight excluding hydrogens is 465 g/mol. The van der Waals surface area contributed by atoms with E-state index in [9.17, 15) is 18.0 Å². The molecule has 0 spiro atoms. The predicted molar refractivity (Wildman–Crippen MR) is 121 cm³/mol. The van der Waals surface area contributed by atoms with Crippen LogP contribution in [-0.2, 0) is 19.0 Å². The van der Waals surface area contributed by atoms with Gasteiger partial charge in [0.2, 0.25) is 0 Å². The molecule has 0 atom stereocenters. The molecule has 170 valence electrons. The minimum Gasteiger partial charge on any atom is -0.469 e. The van der Waals surface area contributed by atoms with Crippen molar-refractivity contribution in [3.05, 3.63) is 83.4 Å². The monoisotopic (exact) mass is 480 g/mol. The molecule has 6 rings (SSSR count). The number of carbonyl (C=O) groups is 1. The first-order chi connectivity index (χ1) is 16.4. The molecule has 0 radical (unpaired) electrons. The van der Waals surface area contributed by atoms with Crippen molar-refractivity contribution in [2.45, 2.75) is 19.0 Å². The van der Waals surface area contributed by atoms with Crippen LogP contribution in [0.2, 0.25) is 0 Å². The van der Waals surface area contributed by atoms with Gasteiger partial charge in [0.05, 0.1) is 27.9 Å². The summed E-state index contributed by atoms with van der Waals surface area (Å²) in [7, 11) is 0. The number of thiazole rings is 1. The third-order valence-corrected chi connectivity index (χ3v) is 6.69. The summed E-state index contributed by atoms with van der Waals surface area (Å²) < 4.78 is 48.8. The van der Waals surface area contributed by atoms with Crippen LogP contribution in [0.1, 0.15) is 27.4 Å². The maximum absolute atomic E-state index is 13.7. The number of halogens is 3. The van der Waals surface area contributed by atoms with Crippen LogP contribution in [0.4, 0.5) is 18.3 Å². The number of para-hydroxylation sites is 1. The highest BCUT2D eigenvalue weighted by Crippen LogP contribution is 2.42. The van der Waals surface area contributed by atoms with Crippen LogP contribution >= 0.6 is 11.3 Å². The van der Waals surface area contributed by atoms with Crippen LogP contribution < -0.4 is 5.32 Å². The van der Waals surface area contributed by atoms with Gasteiger partial charge in [-0.1, -0.05) is 23.5 Å². The van der Waals surface area contributed by atoms with Crippen LogP contribution in [0.25, 0.3) is 27.2 Å². The Bertz CT molecular complexity index is 1510. The molecule has 0 unspecified atom stereocenters. The van der Waals surface area contributed by atoms with Gasteiger partial charge in [-0.15, -0.1) is 0 Å². The normalized spacial score (nSPS) is 13.0. The Labute approximate surface area is 194 Å². The number of benzene rings is 2. The van der Waals surface area contributed by atoms with Crippen molar-refractivity contribution in [2.24, 2.45) is 0 Å². The van der Waals surface area contributed by atoms with Crippen molar-refractivity contribution >= 4 is 32.6 Å².